The molecule has 0 amide bonds. The molecule has 0 aliphatic carbocycles. The second-order valence-electron chi connectivity index (χ2n) is 1.23. The van der Waals surface area contributed by atoms with Gasteiger partial charge in [-0.05, 0) is 28.0 Å². The summed E-state index contributed by atoms with van der Waals surface area (Å²) in [5, 5.41) is 8.86. The highest BCUT2D eigenvalue weighted by Gasteiger charge is 2.41. The predicted molar refractivity (Wildman–Crippen MR) is 30.4 cm³/mol. The summed E-state index contributed by atoms with van der Waals surface area (Å²) in [5.41, 5.74) is 0. The zero-order chi connectivity index (χ0) is 4.62. The van der Waals surface area contributed by atoms with E-state index in [0.717, 1.165) is 6.42 Å². The highest BCUT2D eigenvalue weighted by atomic mass is 33.2. The van der Waals surface area contributed by atoms with Crippen molar-refractivity contribution in [2.45, 2.75) is 17.6 Å². The maximum Gasteiger partial charge on any atom is 0.176 e. The fourth-order valence-electron chi connectivity index (χ4n) is 0.166. The molecule has 3 heteroatoms. The summed E-state index contributed by atoms with van der Waals surface area (Å²) in [5.74, 6) is 0. The average molecular weight is 122 g/mol. The zero-order valence-electron chi connectivity index (χ0n) is 3.47. The van der Waals surface area contributed by atoms with E-state index in [4.69, 9.17) is 5.11 Å². The van der Waals surface area contributed by atoms with Crippen molar-refractivity contribution in [1.82, 2.24) is 0 Å². The first-order valence-corrected chi connectivity index (χ1v) is 4.01. The zero-order valence-corrected chi connectivity index (χ0v) is 5.10. The van der Waals surface area contributed by atoms with Gasteiger partial charge in [-0.15, -0.1) is 0 Å². The molecule has 1 rings (SSSR count). The molecular formula is C3H6OS2. The Labute approximate surface area is 44.9 Å². The molecule has 0 unspecified atom stereocenters. The van der Waals surface area contributed by atoms with Gasteiger partial charge in [0.05, 0.1) is 0 Å². The molecule has 0 atom stereocenters. The Balaban J connectivity index is 2.28. The van der Waals surface area contributed by atoms with Crippen LogP contribution in [0.15, 0.2) is 0 Å². The molecule has 6 heavy (non-hydrogen) atoms. The number of hydrogen-bond acceptors (Lipinski definition) is 3. The molecule has 1 fully saturated rings. The van der Waals surface area contributed by atoms with Gasteiger partial charge in [0.25, 0.3) is 0 Å². The third kappa shape index (κ3) is 0.832. The van der Waals surface area contributed by atoms with Gasteiger partial charge in [-0.25, -0.2) is 0 Å². The molecule has 36 valence electrons. The Hall–Kier alpha value is 0.660. The van der Waals surface area contributed by atoms with E-state index in [1.165, 1.54) is 0 Å². The van der Waals surface area contributed by atoms with Crippen LogP contribution in [0.3, 0.4) is 0 Å². The standard InChI is InChI=1S/C3H6OS2/c1-2-3(4)5-6-3/h4H,2H2,1H3. The van der Waals surface area contributed by atoms with E-state index >= 15 is 0 Å². The molecule has 0 bridgehead atoms. The van der Waals surface area contributed by atoms with Gasteiger partial charge in [-0.2, -0.15) is 0 Å². The molecule has 0 aromatic carbocycles. The predicted octanol–water partition coefficient (Wildman–Crippen LogP) is 1.44. The van der Waals surface area contributed by atoms with Crippen molar-refractivity contribution in [3.05, 3.63) is 0 Å². The van der Waals surface area contributed by atoms with Gasteiger partial charge in [-0.1, -0.05) is 6.92 Å². The van der Waals surface area contributed by atoms with Gasteiger partial charge in [0.15, 0.2) is 4.27 Å². The van der Waals surface area contributed by atoms with Crippen molar-refractivity contribution in [2.24, 2.45) is 0 Å². The molecule has 1 aliphatic rings. The van der Waals surface area contributed by atoms with Crippen molar-refractivity contribution in [2.75, 3.05) is 0 Å². The van der Waals surface area contributed by atoms with Crippen molar-refractivity contribution >= 4 is 21.6 Å². The molecular weight excluding hydrogens is 116 g/mol. The monoisotopic (exact) mass is 122 g/mol. The Kier molecular flexibility index (Phi) is 1.06. The first-order valence-electron chi connectivity index (χ1n) is 1.86. The molecule has 0 radical (unpaired) electrons. The van der Waals surface area contributed by atoms with Crippen LogP contribution in [-0.4, -0.2) is 9.37 Å². The first kappa shape index (κ1) is 4.81. The van der Waals surface area contributed by atoms with Gasteiger partial charge in [0, 0.05) is 0 Å². The Bertz CT molecular complexity index is 59.8. The third-order valence-electron chi connectivity index (χ3n) is 0.723. The fraction of sp³-hybridized carbons (Fsp3) is 1.00. The minimum atomic E-state index is -0.375. The highest BCUT2D eigenvalue weighted by molar-refractivity contribution is 8.93. The van der Waals surface area contributed by atoms with Crippen LogP contribution in [-0.2, 0) is 0 Å². The van der Waals surface area contributed by atoms with Crippen LogP contribution in [0, 0.1) is 0 Å². The quantitative estimate of drug-likeness (QED) is 0.420. The van der Waals surface area contributed by atoms with Gasteiger partial charge < -0.3 is 5.11 Å². The maximum atomic E-state index is 8.86. The largest absolute Gasteiger partial charge is 0.369 e. The van der Waals surface area contributed by atoms with E-state index in [1.807, 2.05) is 6.92 Å². The van der Waals surface area contributed by atoms with E-state index in [2.05, 4.69) is 0 Å². The lowest BCUT2D eigenvalue weighted by atomic mass is 10.5. The lowest BCUT2D eigenvalue weighted by Gasteiger charge is -1.91. The number of hydrogen-bond donors (Lipinski definition) is 1. The summed E-state index contributed by atoms with van der Waals surface area (Å²) in [6.07, 6.45) is 0.863. The molecule has 0 aromatic rings. The fourth-order valence-corrected chi connectivity index (χ4v) is 1.49. The summed E-state index contributed by atoms with van der Waals surface area (Å²) in [6.45, 7) is 1.98. The van der Waals surface area contributed by atoms with Crippen LogP contribution >= 0.6 is 21.6 Å². The van der Waals surface area contributed by atoms with Crippen LogP contribution in [0.25, 0.3) is 0 Å². The van der Waals surface area contributed by atoms with Crippen molar-refractivity contribution in [3.63, 3.8) is 0 Å². The van der Waals surface area contributed by atoms with Crippen LogP contribution < -0.4 is 0 Å². The molecule has 0 aromatic heterocycles. The lowest BCUT2D eigenvalue weighted by molar-refractivity contribution is 0.238. The second-order valence-corrected chi connectivity index (χ2v) is 4.18. The smallest absolute Gasteiger partial charge is 0.176 e. The summed E-state index contributed by atoms with van der Waals surface area (Å²) < 4.78 is -0.375. The van der Waals surface area contributed by atoms with Crippen molar-refractivity contribution in [3.8, 4) is 0 Å². The maximum absolute atomic E-state index is 8.86. The first-order chi connectivity index (χ1) is 2.77. The van der Waals surface area contributed by atoms with Crippen LogP contribution in [0.2, 0.25) is 0 Å². The van der Waals surface area contributed by atoms with E-state index in [-0.39, 0.29) is 4.27 Å². The van der Waals surface area contributed by atoms with Crippen molar-refractivity contribution < 1.29 is 5.11 Å². The summed E-state index contributed by atoms with van der Waals surface area (Å²) in [6, 6.07) is 0. The SMILES string of the molecule is CCC1(O)SS1. The second kappa shape index (κ2) is 1.32. The molecule has 1 saturated heterocycles. The van der Waals surface area contributed by atoms with Crippen LogP contribution in [0.5, 0.6) is 0 Å². The summed E-state index contributed by atoms with van der Waals surface area (Å²) in [7, 11) is 3.09. The number of rotatable bonds is 1. The average Bonchev–Trinajstić information content (AvgIpc) is 2.22. The highest BCUT2D eigenvalue weighted by Crippen LogP contribution is 2.64. The molecule has 1 N–H and O–H groups in total. The normalized spacial score (nSPS) is 27.0. The van der Waals surface area contributed by atoms with E-state index in [9.17, 15) is 0 Å². The molecule has 1 aliphatic heterocycles. The van der Waals surface area contributed by atoms with E-state index < -0.39 is 0 Å². The van der Waals surface area contributed by atoms with Crippen LogP contribution in [0.1, 0.15) is 13.3 Å². The van der Waals surface area contributed by atoms with E-state index in [1.54, 1.807) is 21.6 Å². The topological polar surface area (TPSA) is 20.2 Å². The molecule has 1 nitrogen and oxygen atoms in total. The van der Waals surface area contributed by atoms with Gasteiger partial charge >= 0.3 is 0 Å². The van der Waals surface area contributed by atoms with Gasteiger partial charge in [0.2, 0.25) is 0 Å². The summed E-state index contributed by atoms with van der Waals surface area (Å²) in [4.78, 5) is 0. The molecule has 0 saturated carbocycles. The Morgan fingerprint density at radius 3 is 2.17 bits per heavy atom. The molecule has 0 spiro atoms. The van der Waals surface area contributed by atoms with Gasteiger partial charge in [-0.3, -0.25) is 0 Å². The Morgan fingerprint density at radius 1 is 1.67 bits per heavy atom. The Morgan fingerprint density at radius 2 is 2.17 bits per heavy atom. The third-order valence-corrected chi connectivity index (χ3v) is 3.51. The lowest BCUT2D eigenvalue weighted by Crippen LogP contribution is -1.97. The van der Waals surface area contributed by atoms with Crippen LogP contribution in [0.4, 0.5) is 0 Å². The van der Waals surface area contributed by atoms with Crippen molar-refractivity contribution in [1.29, 1.82) is 0 Å². The van der Waals surface area contributed by atoms with Gasteiger partial charge in [0.1, 0.15) is 0 Å². The number of aliphatic hydroxyl groups is 1. The van der Waals surface area contributed by atoms with E-state index in [0.29, 0.717) is 0 Å². The summed E-state index contributed by atoms with van der Waals surface area (Å²) >= 11 is 0. The minimum absolute atomic E-state index is 0.375. The molecule has 1 heterocycles. The minimum Gasteiger partial charge on any atom is -0.369 e.